The smallest absolute Gasteiger partial charge is 0.237 e. The Morgan fingerprint density at radius 2 is 1.92 bits per heavy atom. The van der Waals surface area contributed by atoms with Crippen molar-refractivity contribution in [3.8, 4) is 5.75 Å². The van der Waals surface area contributed by atoms with Crippen molar-refractivity contribution in [3.63, 3.8) is 0 Å². The molecule has 2 aliphatic rings. The molecule has 0 bridgehead atoms. The van der Waals surface area contributed by atoms with Crippen LogP contribution in [0.2, 0.25) is 0 Å². The van der Waals surface area contributed by atoms with Gasteiger partial charge in [0, 0.05) is 23.1 Å². The van der Waals surface area contributed by atoms with Gasteiger partial charge in [-0.05, 0) is 37.0 Å². The summed E-state index contributed by atoms with van der Waals surface area (Å²) in [5, 5.41) is 0.964. The molecule has 1 atom stereocenters. The molecule has 4 rings (SSSR count). The Bertz CT molecular complexity index is 806. The van der Waals surface area contributed by atoms with E-state index in [0.717, 1.165) is 35.1 Å². The van der Waals surface area contributed by atoms with Crippen LogP contribution in [0.4, 0.5) is 13.2 Å². The van der Waals surface area contributed by atoms with Gasteiger partial charge in [-0.1, -0.05) is 6.07 Å². The first-order chi connectivity index (χ1) is 12.6. The molecule has 2 heterocycles. The summed E-state index contributed by atoms with van der Waals surface area (Å²) in [6.45, 7) is -3.81. The summed E-state index contributed by atoms with van der Waals surface area (Å²) >= 11 is 0. The highest BCUT2D eigenvalue weighted by Gasteiger charge is 2.49. The van der Waals surface area contributed by atoms with Crippen LogP contribution in [0.15, 0.2) is 24.4 Å². The number of alkyl halides is 3. The molecule has 4 nitrogen and oxygen atoms in total. The summed E-state index contributed by atoms with van der Waals surface area (Å²) < 4.78 is 46.2. The first kappa shape index (κ1) is 17.2. The fourth-order valence-corrected chi connectivity index (χ4v) is 3.71. The van der Waals surface area contributed by atoms with E-state index in [1.807, 2.05) is 24.4 Å². The molecule has 1 N–H and O–H groups in total. The normalized spacial score (nSPS) is 19.9. The molecule has 2 aromatic rings. The van der Waals surface area contributed by atoms with Gasteiger partial charge in [0.2, 0.25) is 5.91 Å². The van der Waals surface area contributed by atoms with Crippen molar-refractivity contribution in [2.45, 2.75) is 31.3 Å². The molecule has 7 heteroatoms. The number of hydrogen-bond acceptors (Lipinski definition) is 2. The van der Waals surface area contributed by atoms with Crippen LogP contribution in [0.5, 0.6) is 5.75 Å². The van der Waals surface area contributed by atoms with Crippen LogP contribution >= 0.6 is 0 Å². The lowest BCUT2D eigenvalue weighted by Crippen LogP contribution is -2.55. The summed E-state index contributed by atoms with van der Waals surface area (Å²) in [6, 6.07) is 5.19. The van der Waals surface area contributed by atoms with Gasteiger partial charge in [0.1, 0.15) is 37.8 Å². The van der Waals surface area contributed by atoms with Crippen LogP contribution in [0.1, 0.15) is 18.4 Å². The van der Waals surface area contributed by atoms with Gasteiger partial charge in [0.25, 0.3) is 0 Å². The van der Waals surface area contributed by atoms with Crippen molar-refractivity contribution in [1.82, 2.24) is 9.88 Å². The van der Waals surface area contributed by atoms with Gasteiger partial charge in [-0.2, -0.15) is 0 Å². The number of carbonyl (C=O) groups excluding carboxylic acids is 1. The number of amides is 1. The van der Waals surface area contributed by atoms with E-state index in [2.05, 4.69) is 4.98 Å². The number of halogens is 3. The molecule has 1 saturated carbocycles. The number of aromatic amines is 1. The van der Waals surface area contributed by atoms with E-state index in [-0.39, 0.29) is 18.7 Å². The molecule has 1 unspecified atom stereocenters. The third kappa shape index (κ3) is 2.64. The van der Waals surface area contributed by atoms with E-state index < -0.39 is 31.3 Å². The van der Waals surface area contributed by atoms with Crippen LogP contribution in [0.3, 0.4) is 0 Å². The van der Waals surface area contributed by atoms with Crippen molar-refractivity contribution in [2.75, 3.05) is 26.6 Å². The number of hydrogen-bond donors (Lipinski definition) is 1. The van der Waals surface area contributed by atoms with Crippen LogP contribution < -0.4 is 4.74 Å². The van der Waals surface area contributed by atoms with Gasteiger partial charge in [0.15, 0.2) is 0 Å². The first-order valence-corrected chi connectivity index (χ1v) is 8.86. The minimum atomic E-state index is -2.23. The zero-order valence-corrected chi connectivity index (χ0v) is 14.3. The maximum atomic E-state index is 13.4. The summed E-state index contributed by atoms with van der Waals surface area (Å²) in [4.78, 5) is 17.6. The van der Waals surface area contributed by atoms with Crippen LogP contribution in [0.25, 0.3) is 10.9 Å². The highest BCUT2D eigenvalue weighted by molar-refractivity contribution is 5.90. The summed E-state index contributed by atoms with van der Waals surface area (Å²) in [5.74, 6) is -0.0592. The molecule has 1 aromatic carbocycles. The van der Waals surface area contributed by atoms with Crippen LogP contribution in [-0.2, 0) is 11.2 Å². The average molecular weight is 366 g/mol. The van der Waals surface area contributed by atoms with E-state index >= 15 is 0 Å². The van der Waals surface area contributed by atoms with E-state index in [9.17, 15) is 18.0 Å². The second kappa shape index (κ2) is 6.52. The minimum Gasteiger partial charge on any atom is -0.491 e. The Balaban J connectivity index is 1.67. The maximum Gasteiger partial charge on any atom is 0.237 e. The molecule has 1 aliphatic carbocycles. The predicted molar refractivity (Wildman–Crippen MR) is 91.5 cm³/mol. The number of nitrogens with zero attached hydrogens (tertiary/aromatic N) is 1. The lowest BCUT2D eigenvalue weighted by molar-refractivity contribution is -0.149. The zero-order chi connectivity index (χ0) is 18.3. The lowest BCUT2D eigenvalue weighted by atomic mass is 9.89. The molecule has 0 spiro atoms. The first-order valence-electron chi connectivity index (χ1n) is 8.86. The molecule has 26 heavy (non-hydrogen) atoms. The Hall–Kier alpha value is -2.18. The van der Waals surface area contributed by atoms with Gasteiger partial charge in [-0.3, -0.25) is 4.79 Å². The number of carbonyl (C=O) groups is 1. The van der Waals surface area contributed by atoms with E-state index in [0.29, 0.717) is 6.42 Å². The zero-order valence-electron chi connectivity index (χ0n) is 14.3. The molecule has 0 radical (unpaired) electrons. The van der Waals surface area contributed by atoms with Crippen LogP contribution in [0, 0.1) is 5.41 Å². The van der Waals surface area contributed by atoms with E-state index in [4.69, 9.17) is 4.74 Å². The van der Waals surface area contributed by atoms with Crippen molar-refractivity contribution >= 4 is 16.8 Å². The molecular formula is C19H21F3N2O2. The van der Waals surface area contributed by atoms with Gasteiger partial charge >= 0.3 is 0 Å². The van der Waals surface area contributed by atoms with Crippen molar-refractivity contribution < 1.29 is 22.7 Å². The van der Waals surface area contributed by atoms with Crippen molar-refractivity contribution in [2.24, 2.45) is 5.41 Å². The third-order valence-electron chi connectivity index (χ3n) is 5.43. The fraction of sp³-hybridized carbons (Fsp3) is 0.526. The molecule has 1 aromatic heterocycles. The summed E-state index contributed by atoms with van der Waals surface area (Å²) in [5.41, 5.74) is -0.300. The number of aromatic nitrogens is 1. The van der Waals surface area contributed by atoms with E-state index in [1.165, 1.54) is 4.90 Å². The molecule has 140 valence electrons. The lowest BCUT2D eigenvalue weighted by Gasteiger charge is -2.37. The minimum absolute atomic E-state index is 0.101. The Morgan fingerprint density at radius 1 is 1.19 bits per heavy atom. The molecule has 1 fully saturated rings. The maximum absolute atomic E-state index is 13.4. The molecule has 0 saturated heterocycles. The fourth-order valence-electron chi connectivity index (χ4n) is 3.71. The number of ether oxygens (including phenoxy) is 1. The van der Waals surface area contributed by atoms with Crippen LogP contribution in [-0.4, -0.2) is 54.5 Å². The highest BCUT2D eigenvalue weighted by atomic mass is 19.1. The van der Waals surface area contributed by atoms with Gasteiger partial charge in [0.05, 0.1) is 6.04 Å². The average Bonchev–Trinajstić information content (AvgIpc) is 3.44. The van der Waals surface area contributed by atoms with Crippen molar-refractivity contribution in [1.29, 1.82) is 0 Å². The predicted octanol–water partition coefficient (Wildman–Crippen LogP) is 3.36. The third-order valence-corrected chi connectivity index (χ3v) is 5.43. The molecule has 1 amide bonds. The quantitative estimate of drug-likeness (QED) is 0.852. The second-order valence-electron chi connectivity index (χ2n) is 7.29. The van der Waals surface area contributed by atoms with Gasteiger partial charge < -0.3 is 14.6 Å². The Kier molecular flexibility index (Phi) is 4.32. The topological polar surface area (TPSA) is 45.3 Å². The largest absolute Gasteiger partial charge is 0.491 e. The van der Waals surface area contributed by atoms with Gasteiger partial charge in [-0.15, -0.1) is 0 Å². The Morgan fingerprint density at radius 3 is 2.58 bits per heavy atom. The number of benzene rings is 1. The second-order valence-corrected chi connectivity index (χ2v) is 7.29. The summed E-state index contributed by atoms with van der Waals surface area (Å²) in [7, 11) is 0. The summed E-state index contributed by atoms with van der Waals surface area (Å²) in [6.07, 6.45) is 3.90. The number of nitrogens with one attached hydrogen (secondary N) is 1. The SMILES string of the molecule is O=C(N(C1CC1)C1COc2cccc3[nH]cc(c23)C1)C(CF)(CF)CF. The van der Waals surface area contributed by atoms with Gasteiger partial charge in [-0.25, -0.2) is 13.2 Å². The van der Waals surface area contributed by atoms with E-state index in [1.54, 1.807) is 0 Å². The van der Waals surface area contributed by atoms with Crippen molar-refractivity contribution in [3.05, 3.63) is 30.0 Å². The molecule has 1 aliphatic heterocycles. The molecular weight excluding hydrogens is 345 g/mol. The highest BCUT2D eigenvalue weighted by Crippen LogP contribution is 2.38. The number of rotatable bonds is 6. The monoisotopic (exact) mass is 366 g/mol. The standard InChI is InChI=1S/C19H21F3N2O2/c20-9-19(10-21,11-22)18(25)24(13-4-5-13)14-6-12-7-23-15-2-1-3-16(17(12)15)26-8-14/h1-3,7,13-14,23H,4-6,8-11H2. The Labute approximate surface area is 149 Å². The number of H-pyrrole nitrogens is 1.